The first-order valence-electron chi connectivity index (χ1n) is 8.05. The second-order valence-corrected chi connectivity index (χ2v) is 5.72. The van der Waals surface area contributed by atoms with Gasteiger partial charge in [0.1, 0.15) is 17.3 Å². The van der Waals surface area contributed by atoms with Crippen LogP contribution in [0.15, 0.2) is 97.3 Å². The van der Waals surface area contributed by atoms with Crippen LogP contribution in [0.3, 0.4) is 0 Å². The van der Waals surface area contributed by atoms with Gasteiger partial charge in [0, 0.05) is 18.1 Å². The molecule has 3 aromatic carbocycles. The minimum atomic E-state index is -0.274. The van der Waals surface area contributed by atoms with E-state index in [1.54, 1.807) is 12.1 Å². The Morgan fingerprint density at radius 3 is 1.96 bits per heavy atom. The zero-order valence-corrected chi connectivity index (χ0v) is 13.5. The summed E-state index contributed by atoms with van der Waals surface area (Å²) >= 11 is 0. The van der Waals surface area contributed by atoms with Gasteiger partial charge in [0.25, 0.3) is 0 Å². The Morgan fingerprint density at radius 1 is 0.640 bits per heavy atom. The molecule has 4 aromatic rings. The first-order valence-corrected chi connectivity index (χ1v) is 8.05. The van der Waals surface area contributed by atoms with E-state index in [1.807, 2.05) is 48.7 Å². The van der Waals surface area contributed by atoms with Crippen molar-refractivity contribution in [3.63, 3.8) is 0 Å². The molecule has 0 fully saturated rings. The van der Waals surface area contributed by atoms with Crippen LogP contribution < -0.4 is 4.74 Å². The molecule has 25 heavy (non-hydrogen) atoms. The Morgan fingerprint density at radius 2 is 1.28 bits per heavy atom. The van der Waals surface area contributed by atoms with Crippen molar-refractivity contribution in [2.75, 3.05) is 0 Å². The van der Waals surface area contributed by atoms with E-state index in [0.717, 1.165) is 5.69 Å². The number of rotatable bonds is 4. The van der Waals surface area contributed by atoms with Gasteiger partial charge in [-0.2, -0.15) is 0 Å². The van der Waals surface area contributed by atoms with Gasteiger partial charge >= 0.3 is 0 Å². The molecule has 0 amide bonds. The summed E-state index contributed by atoms with van der Waals surface area (Å²) in [5.41, 5.74) is 3.42. The highest BCUT2D eigenvalue weighted by molar-refractivity contribution is 5.63. The largest absolute Gasteiger partial charge is 0.457 e. The van der Waals surface area contributed by atoms with Crippen LogP contribution >= 0.6 is 0 Å². The number of ether oxygens (including phenoxy) is 1. The number of hydrogen-bond acceptors (Lipinski definition) is 1. The molecule has 122 valence electrons. The van der Waals surface area contributed by atoms with Crippen molar-refractivity contribution in [3.8, 4) is 28.3 Å². The molecule has 0 atom stereocenters. The number of aromatic nitrogens is 1. The lowest BCUT2D eigenvalue weighted by molar-refractivity contribution is 0.480. The van der Waals surface area contributed by atoms with E-state index in [4.69, 9.17) is 4.74 Å². The molecule has 0 radical (unpaired) electrons. The van der Waals surface area contributed by atoms with Gasteiger partial charge in [-0.3, -0.25) is 0 Å². The topological polar surface area (TPSA) is 14.2 Å². The van der Waals surface area contributed by atoms with Crippen molar-refractivity contribution < 1.29 is 9.13 Å². The monoisotopic (exact) mass is 329 g/mol. The molecule has 0 N–H and O–H groups in total. The molecule has 4 rings (SSSR count). The lowest BCUT2D eigenvalue weighted by atomic mass is 10.1. The van der Waals surface area contributed by atoms with Gasteiger partial charge in [-0.15, -0.1) is 0 Å². The number of benzene rings is 3. The number of halogens is 1. The summed E-state index contributed by atoms with van der Waals surface area (Å²) < 4.78 is 20.7. The van der Waals surface area contributed by atoms with E-state index in [9.17, 15) is 4.39 Å². The highest BCUT2D eigenvalue weighted by Crippen LogP contribution is 2.25. The van der Waals surface area contributed by atoms with Gasteiger partial charge < -0.3 is 9.30 Å². The smallest absolute Gasteiger partial charge is 0.127 e. The maximum absolute atomic E-state index is 12.9. The molecule has 2 nitrogen and oxygen atoms in total. The van der Waals surface area contributed by atoms with Crippen LogP contribution in [0.25, 0.3) is 16.8 Å². The van der Waals surface area contributed by atoms with E-state index in [1.165, 1.54) is 23.3 Å². The average molecular weight is 329 g/mol. The van der Waals surface area contributed by atoms with Crippen molar-refractivity contribution in [3.05, 3.63) is 103 Å². The lowest BCUT2D eigenvalue weighted by Crippen LogP contribution is -1.90. The summed E-state index contributed by atoms with van der Waals surface area (Å²) in [4.78, 5) is 0. The van der Waals surface area contributed by atoms with Crippen molar-refractivity contribution in [1.29, 1.82) is 0 Å². The van der Waals surface area contributed by atoms with E-state index in [0.29, 0.717) is 11.5 Å². The third-order valence-corrected chi connectivity index (χ3v) is 3.98. The quantitative estimate of drug-likeness (QED) is 0.443. The molecule has 1 heterocycles. The van der Waals surface area contributed by atoms with E-state index in [-0.39, 0.29) is 5.82 Å². The number of nitrogens with zero attached hydrogens (tertiary/aromatic N) is 1. The zero-order valence-electron chi connectivity index (χ0n) is 13.5. The van der Waals surface area contributed by atoms with E-state index < -0.39 is 0 Å². The van der Waals surface area contributed by atoms with Crippen molar-refractivity contribution >= 4 is 0 Å². The predicted octanol–water partition coefficient (Wildman–Crippen LogP) is 6.08. The summed E-state index contributed by atoms with van der Waals surface area (Å²) in [6, 6.07) is 26.2. The third kappa shape index (κ3) is 3.45. The fourth-order valence-electron chi connectivity index (χ4n) is 2.68. The molecule has 0 aliphatic carbocycles. The molecule has 0 saturated heterocycles. The Hall–Kier alpha value is -3.33. The summed E-state index contributed by atoms with van der Waals surface area (Å²) in [5.74, 6) is 1.05. The van der Waals surface area contributed by atoms with Crippen LogP contribution in [-0.2, 0) is 0 Å². The maximum atomic E-state index is 12.9. The van der Waals surface area contributed by atoms with Crippen LogP contribution in [-0.4, -0.2) is 4.57 Å². The van der Waals surface area contributed by atoms with E-state index in [2.05, 4.69) is 29.0 Å². The van der Waals surface area contributed by atoms with Gasteiger partial charge in [0.05, 0.1) is 0 Å². The van der Waals surface area contributed by atoms with Gasteiger partial charge in [-0.1, -0.05) is 30.3 Å². The minimum Gasteiger partial charge on any atom is -0.457 e. The molecule has 0 bridgehead atoms. The van der Waals surface area contributed by atoms with Crippen molar-refractivity contribution in [2.24, 2.45) is 0 Å². The predicted molar refractivity (Wildman–Crippen MR) is 97.7 cm³/mol. The SMILES string of the molecule is Fc1ccc(Oc2ccc(-n3ccc(-c4ccccc4)c3)cc2)cc1. The highest BCUT2D eigenvalue weighted by atomic mass is 19.1. The second kappa shape index (κ2) is 6.65. The molecule has 0 unspecified atom stereocenters. The fraction of sp³-hybridized carbons (Fsp3) is 0. The van der Waals surface area contributed by atoms with Crippen LogP contribution in [0.5, 0.6) is 11.5 Å². The Bertz CT molecular complexity index is 957. The molecule has 0 spiro atoms. The fourth-order valence-corrected chi connectivity index (χ4v) is 2.68. The number of hydrogen-bond donors (Lipinski definition) is 0. The molecular formula is C22H16FNO. The van der Waals surface area contributed by atoms with Crippen LogP contribution in [0.1, 0.15) is 0 Å². The highest BCUT2D eigenvalue weighted by Gasteiger charge is 2.03. The molecule has 1 aromatic heterocycles. The zero-order chi connectivity index (χ0) is 17.1. The third-order valence-electron chi connectivity index (χ3n) is 3.98. The van der Waals surface area contributed by atoms with Gasteiger partial charge in [0.2, 0.25) is 0 Å². The molecule has 0 aliphatic heterocycles. The summed E-state index contributed by atoms with van der Waals surface area (Å²) in [6.07, 6.45) is 4.14. The first kappa shape index (κ1) is 15.2. The van der Waals surface area contributed by atoms with Crippen LogP contribution in [0.2, 0.25) is 0 Å². The average Bonchev–Trinajstić information content (AvgIpc) is 3.15. The van der Waals surface area contributed by atoms with E-state index >= 15 is 0 Å². The summed E-state index contributed by atoms with van der Waals surface area (Å²) in [5, 5.41) is 0. The van der Waals surface area contributed by atoms with Crippen LogP contribution in [0.4, 0.5) is 4.39 Å². The van der Waals surface area contributed by atoms with Crippen LogP contribution in [0, 0.1) is 5.82 Å². The minimum absolute atomic E-state index is 0.274. The molecular weight excluding hydrogens is 313 g/mol. The molecule has 0 saturated carbocycles. The summed E-state index contributed by atoms with van der Waals surface area (Å²) in [6.45, 7) is 0. The Balaban J connectivity index is 1.52. The van der Waals surface area contributed by atoms with Crippen molar-refractivity contribution in [2.45, 2.75) is 0 Å². The molecule has 3 heteroatoms. The maximum Gasteiger partial charge on any atom is 0.127 e. The first-order chi connectivity index (χ1) is 12.3. The van der Waals surface area contributed by atoms with Gasteiger partial charge in [-0.25, -0.2) is 4.39 Å². The Kier molecular flexibility index (Phi) is 4.05. The second-order valence-electron chi connectivity index (χ2n) is 5.72. The summed E-state index contributed by atoms with van der Waals surface area (Å²) in [7, 11) is 0. The van der Waals surface area contributed by atoms with Gasteiger partial charge in [0.15, 0.2) is 0 Å². The van der Waals surface area contributed by atoms with Crippen molar-refractivity contribution in [1.82, 2.24) is 4.57 Å². The normalized spacial score (nSPS) is 10.6. The standard InChI is InChI=1S/C22H16FNO/c23-19-6-10-21(11-7-19)25-22-12-8-20(9-13-22)24-15-14-18(16-24)17-4-2-1-3-5-17/h1-16H. The molecule has 0 aliphatic rings. The lowest BCUT2D eigenvalue weighted by Gasteiger charge is -2.07. The Labute approximate surface area is 145 Å². The van der Waals surface area contributed by atoms with Gasteiger partial charge in [-0.05, 0) is 65.7 Å².